The highest BCUT2D eigenvalue weighted by Crippen LogP contribution is 2.69. The Bertz CT molecular complexity index is 2180. The molecular formula is C43H48O8P4. The Hall–Kier alpha value is -3.14. The van der Waals surface area contributed by atoms with E-state index in [1.165, 1.54) is 0 Å². The molecule has 5 aromatic rings. The molecule has 2 heterocycles. The van der Waals surface area contributed by atoms with Gasteiger partial charge in [-0.2, -0.15) is 0 Å². The molecule has 0 amide bonds. The van der Waals surface area contributed by atoms with Gasteiger partial charge in [0.2, 0.25) is 0 Å². The zero-order valence-electron chi connectivity index (χ0n) is 31.7. The summed E-state index contributed by atoms with van der Waals surface area (Å²) in [5.41, 5.74) is 2.69. The summed E-state index contributed by atoms with van der Waals surface area (Å²) in [6.07, 6.45) is 0.100. The van der Waals surface area contributed by atoms with Crippen LogP contribution in [0.25, 0.3) is 0 Å². The summed E-state index contributed by atoms with van der Waals surface area (Å²) < 4.78 is 84.4. The number of aryl methyl sites for hydroxylation is 4. The van der Waals surface area contributed by atoms with E-state index in [4.69, 9.17) is 18.1 Å². The van der Waals surface area contributed by atoms with Crippen LogP contribution in [0.4, 0.5) is 0 Å². The molecule has 288 valence electrons. The fraction of sp³-hybridized carbons (Fsp3) is 0.302. The molecule has 1 unspecified atom stereocenters. The second-order valence-corrected chi connectivity index (χ2v) is 25.0. The Morgan fingerprint density at radius 2 is 0.945 bits per heavy atom. The standard InChI is InChI=1S/C43H48O8P4/c1-33-16-14-17-34(2)41(33)52(44,42-35(3)18-15-19-36(42)4)26-27-54(46)48-29-43(30-49-54)31-50-55(47,51-32-43)40(37-20-8-5-9-21-37)28-53(45,38-22-10-6-11-23-38)39-24-12-7-13-25-39/h5-25,40H,26-32H2,1-4H3. The summed E-state index contributed by atoms with van der Waals surface area (Å²) in [4.78, 5) is 0. The van der Waals surface area contributed by atoms with Gasteiger partial charge in [-0.1, -0.05) is 127 Å². The van der Waals surface area contributed by atoms with Crippen molar-refractivity contribution in [1.82, 2.24) is 0 Å². The SMILES string of the molecule is Cc1cccc(C)c1P(=O)(CCP1(=O)OCC2(CO1)COP(=O)(C(CP(=O)(c1ccccc1)c1ccccc1)c1ccccc1)OC2)c1c(C)cccc1C. The number of rotatable bonds is 11. The van der Waals surface area contributed by atoms with E-state index in [0.717, 1.165) is 32.9 Å². The van der Waals surface area contributed by atoms with Crippen molar-refractivity contribution in [2.24, 2.45) is 5.41 Å². The van der Waals surface area contributed by atoms with E-state index in [1.54, 1.807) is 0 Å². The van der Waals surface area contributed by atoms with E-state index in [9.17, 15) is 9.13 Å². The topological polar surface area (TPSA) is 105 Å². The van der Waals surface area contributed by atoms with Crippen LogP contribution in [0.1, 0.15) is 33.5 Å². The molecule has 0 radical (unpaired) electrons. The second-order valence-electron chi connectivity index (χ2n) is 14.9. The summed E-state index contributed by atoms with van der Waals surface area (Å²) >= 11 is 0. The largest absolute Gasteiger partial charge is 0.338 e. The van der Waals surface area contributed by atoms with Crippen LogP contribution in [0.2, 0.25) is 0 Å². The van der Waals surface area contributed by atoms with Gasteiger partial charge in [0.1, 0.15) is 14.3 Å². The average Bonchev–Trinajstić information content (AvgIpc) is 3.19. The fourth-order valence-electron chi connectivity index (χ4n) is 7.91. The zero-order chi connectivity index (χ0) is 38.9. The Kier molecular flexibility index (Phi) is 11.7. The van der Waals surface area contributed by atoms with Crippen LogP contribution in [0.3, 0.4) is 0 Å². The third kappa shape index (κ3) is 8.04. The summed E-state index contributed by atoms with van der Waals surface area (Å²) in [7, 11) is -14.2. The Balaban J connectivity index is 1.10. The number of benzene rings is 5. The van der Waals surface area contributed by atoms with Crippen molar-refractivity contribution in [3.63, 3.8) is 0 Å². The van der Waals surface area contributed by atoms with Gasteiger partial charge < -0.3 is 27.2 Å². The van der Waals surface area contributed by atoms with Crippen molar-refractivity contribution in [2.75, 3.05) is 44.9 Å². The Morgan fingerprint density at radius 3 is 1.38 bits per heavy atom. The Morgan fingerprint density at radius 1 is 0.545 bits per heavy atom. The molecule has 1 atom stereocenters. The maximum atomic E-state index is 15.4. The van der Waals surface area contributed by atoms with Crippen LogP contribution in [0.15, 0.2) is 127 Å². The molecule has 2 aliphatic rings. The molecule has 0 saturated carbocycles. The minimum absolute atomic E-state index is 0.0100. The molecule has 12 heteroatoms. The normalized spacial score (nSPS) is 23.7. The molecule has 7 rings (SSSR count). The van der Waals surface area contributed by atoms with Gasteiger partial charge in [0.25, 0.3) is 0 Å². The molecule has 1 spiro atoms. The van der Waals surface area contributed by atoms with Gasteiger partial charge in [0, 0.05) is 33.5 Å². The molecule has 2 fully saturated rings. The predicted octanol–water partition coefficient (Wildman–Crippen LogP) is 9.46. The highest BCUT2D eigenvalue weighted by atomic mass is 31.2. The zero-order valence-corrected chi connectivity index (χ0v) is 35.3. The van der Waals surface area contributed by atoms with Gasteiger partial charge in [0.05, 0.1) is 43.7 Å². The molecule has 8 nitrogen and oxygen atoms in total. The van der Waals surface area contributed by atoms with Crippen LogP contribution in [-0.4, -0.2) is 44.9 Å². The first-order valence-corrected chi connectivity index (χ1v) is 25.7. The van der Waals surface area contributed by atoms with Crippen LogP contribution in [-0.2, 0) is 36.4 Å². The molecule has 0 aromatic heterocycles. The summed E-state index contributed by atoms with van der Waals surface area (Å²) in [6, 6.07) is 39.7. The van der Waals surface area contributed by atoms with Gasteiger partial charge in [-0.15, -0.1) is 0 Å². The molecule has 2 saturated heterocycles. The van der Waals surface area contributed by atoms with Crippen molar-refractivity contribution in [1.29, 1.82) is 0 Å². The molecule has 55 heavy (non-hydrogen) atoms. The van der Waals surface area contributed by atoms with Crippen LogP contribution in [0, 0.1) is 33.1 Å². The first-order valence-electron chi connectivity index (χ1n) is 18.5. The smallest absolute Gasteiger partial charge is 0.314 e. The summed E-state index contributed by atoms with van der Waals surface area (Å²) in [6.45, 7) is 7.79. The highest BCUT2D eigenvalue weighted by molar-refractivity contribution is 7.80. The Labute approximate surface area is 324 Å². The number of hydrogen-bond acceptors (Lipinski definition) is 8. The van der Waals surface area contributed by atoms with Crippen molar-refractivity contribution >= 4 is 50.7 Å². The van der Waals surface area contributed by atoms with E-state index in [-0.39, 0.29) is 44.9 Å². The maximum Gasteiger partial charge on any atom is 0.338 e. The molecule has 0 aliphatic carbocycles. The maximum absolute atomic E-state index is 15.4. The third-order valence-electron chi connectivity index (χ3n) is 10.9. The molecule has 0 N–H and O–H groups in total. The van der Waals surface area contributed by atoms with Gasteiger partial charge in [-0.05, 0) is 55.5 Å². The van der Waals surface area contributed by atoms with Gasteiger partial charge in [-0.25, -0.2) is 0 Å². The van der Waals surface area contributed by atoms with Gasteiger partial charge in [0.15, 0.2) is 0 Å². The lowest BCUT2D eigenvalue weighted by Gasteiger charge is -2.44. The van der Waals surface area contributed by atoms with E-state index in [2.05, 4.69) is 0 Å². The lowest BCUT2D eigenvalue weighted by Crippen LogP contribution is -2.46. The van der Waals surface area contributed by atoms with Crippen molar-refractivity contribution in [2.45, 2.75) is 33.4 Å². The summed E-state index contributed by atoms with van der Waals surface area (Å²) in [5.74, 6) is 0. The lowest BCUT2D eigenvalue weighted by molar-refractivity contribution is -0.0694. The van der Waals surface area contributed by atoms with E-state index in [0.29, 0.717) is 16.2 Å². The van der Waals surface area contributed by atoms with Gasteiger partial charge in [-0.3, -0.25) is 9.13 Å². The molecule has 2 aliphatic heterocycles. The first-order chi connectivity index (χ1) is 26.3. The quantitative estimate of drug-likeness (QED) is 0.122. The van der Waals surface area contributed by atoms with Gasteiger partial charge >= 0.3 is 15.2 Å². The van der Waals surface area contributed by atoms with Crippen molar-refractivity contribution < 1.29 is 36.4 Å². The first kappa shape index (κ1) is 40.1. The molecular weight excluding hydrogens is 768 g/mol. The van der Waals surface area contributed by atoms with Crippen LogP contribution < -0.4 is 21.2 Å². The second kappa shape index (κ2) is 16.0. The minimum atomic E-state index is -3.92. The molecule has 5 aromatic carbocycles. The highest BCUT2D eigenvalue weighted by Gasteiger charge is 2.53. The monoisotopic (exact) mass is 816 g/mol. The lowest BCUT2D eigenvalue weighted by atomic mass is 9.93. The van der Waals surface area contributed by atoms with Crippen LogP contribution >= 0.6 is 29.5 Å². The summed E-state index contributed by atoms with van der Waals surface area (Å²) in [5, 5.41) is 2.89. The number of hydrogen-bond donors (Lipinski definition) is 0. The van der Waals surface area contributed by atoms with E-state index in [1.807, 2.05) is 155 Å². The third-order valence-corrected chi connectivity index (χ3v) is 22.4. The molecule has 0 bridgehead atoms. The fourth-order valence-corrected chi connectivity index (χ4v) is 20.6. The minimum Gasteiger partial charge on any atom is -0.314 e. The van der Waals surface area contributed by atoms with Crippen LogP contribution in [0.5, 0.6) is 0 Å². The average molecular weight is 817 g/mol. The van der Waals surface area contributed by atoms with E-state index < -0.39 is 40.5 Å². The van der Waals surface area contributed by atoms with E-state index >= 15 is 9.13 Å². The predicted molar refractivity (Wildman–Crippen MR) is 224 cm³/mol. The van der Waals surface area contributed by atoms with Crippen molar-refractivity contribution in [3.05, 3.63) is 155 Å². The van der Waals surface area contributed by atoms with Crippen molar-refractivity contribution in [3.8, 4) is 0 Å².